The number of hydrogen-bond donors (Lipinski definition) is 5. The van der Waals surface area contributed by atoms with Gasteiger partial charge in [-0.25, -0.2) is 23.5 Å². The summed E-state index contributed by atoms with van der Waals surface area (Å²) in [6.07, 6.45) is 4.19. The number of carbonyl (C=O) groups excluding carboxylic acids is 2. The Morgan fingerprint density at radius 1 is 0.984 bits per heavy atom. The van der Waals surface area contributed by atoms with Crippen molar-refractivity contribution in [3.8, 4) is 28.3 Å². The molecule has 0 bridgehead atoms. The van der Waals surface area contributed by atoms with Crippen molar-refractivity contribution in [2.45, 2.75) is 58.3 Å². The second kappa shape index (κ2) is 17.9. The second-order valence-corrected chi connectivity index (χ2v) is 16.5. The first-order valence-electron chi connectivity index (χ1n) is 20.8. The Morgan fingerprint density at radius 3 is 2.45 bits per heavy atom. The SMILES string of the molecule is C=C1CCN(c2ccc(OC3CCN(CCNCc4ccc(-c5cc6c(-c7cc(F)cc(NC(=O)c8ccc(C(C)(C)O)cc8F)c7C)ncnc6[nH]5)cc4)CC3)cc2)C(=O)N1. The van der Waals surface area contributed by atoms with E-state index in [1.807, 2.05) is 42.5 Å². The summed E-state index contributed by atoms with van der Waals surface area (Å²) in [4.78, 5) is 42.0. The van der Waals surface area contributed by atoms with E-state index in [1.165, 1.54) is 44.4 Å². The minimum atomic E-state index is -1.28. The summed E-state index contributed by atoms with van der Waals surface area (Å²) in [5.41, 5.74) is 5.53. The van der Waals surface area contributed by atoms with E-state index < -0.39 is 23.1 Å². The topological polar surface area (TPSA) is 148 Å². The van der Waals surface area contributed by atoms with Crippen LogP contribution in [0.5, 0.6) is 5.75 Å². The predicted octanol–water partition coefficient (Wildman–Crippen LogP) is 8.42. The third kappa shape index (κ3) is 9.52. The van der Waals surface area contributed by atoms with Crippen LogP contribution in [0, 0.1) is 18.6 Å². The van der Waals surface area contributed by atoms with E-state index in [0.717, 1.165) is 92.0 Å². The van der Waals surface area contributed by atoms with Gasteiger partial charge in [-0.1, -0.05) is 36.9 Å². The highest BCUT2D eigenvalue weighted by atomic mass is 19.1. The first-order valence-corrected chi connectivity index (χ1v) is 20.8. The Morgan fingerprint density at radius 2 is 1.74 bits per heavy atom. The molecule has 2 fully saturated rings. The van der Waals surface area contributed by atoms with Crippen LogP contribution in [0.4, 0.5) is 25.0 Å². The van der Waals surface area contributed by atoms with Crippen LogP contribution in [-0.4, -0.2) is 75.7 Å². The largest absolute Gasteiger partial charge is 0.490 e. The van der Waals surface area contributed by atoms with Gasteiger partial charge in [0.15, 0.2) is 0 Å². The summed E-state index contributed by atoms with van der Waals surface area (Å²) in [6, 6.07) is 24.2. The normalized spacial score (nSPS) is 15.2. The van der Waals surface area contributed by atoms with E-state index in [0.29, 0.717) is 40.0 Å². The van der Waals surface area contributed by atoms with Gasteiger partial charge in [-0.05, 0) is 110 Å². The summed E-state index contributed by atoms with van der Waals surface area (Å²) >= 11 is 0. The van der Waals surface area contributed by atoms with Gasteiger partial charge >= 0.3 is 6.03 Å². The zero-order chi connectivity index (χ0) is 43.5. The summed E-state index contributed by atoms with van der Waals surface area (Å²) in [7, 11) is 0. The van der Waals surface area contributed by atoms with E-state index in [4.69, 9.17) is 4.74 Å². The first kappa shape index (κ1) is 42.2. The number of fused-ring (bicyclic) bond motifs is 1. The molecule has 4 heterocycles. The van der Waals surface area contributed by atoms with Crippen molar-refractivity contribution in [3.05, 3.63) is 137 Å². The van der Waals surface area contributed by atoms with Crippen molar-refractivity contribution in [2.24, 2.45) is 0 Å². The number of carbonyl (C=O) groups is 2. The number of aliphatic hydroxyl groups is 1. The van der Waals surface area contributed by atoms with Gasteiger partial charge < -0.3 is 35.7 Å². The standard InChI is InChI=1S/C48H50F2N8O4/c1-29-15-21-58(47(60)54-29)35-10-12-36(13-11-35)62-37-16-19-57(20-17-37)22-18-51-27-31-5-7-32(8-6-31)43-26-40-44(52-28-53-45(40)55-43)39-24-34(49)25-42(30(39)2)56-46(59)38-14-9-33(23-41(38)50)48(3,4)61/h5-14,23-26,28,37,51,61H,1,15-22,27H2,2-4H3,(H,54,60)(H,56,59)(H,52,53,55). The number of ether oxygens (including phenoxy) is 1. The van der Waals surface area contributed by atoms with Gasteiger partial charge in [-0.2, -0.15) is 0 Å². The van der Waals surface area contributed by atoms with Crippen LogP contribution in [-0.2, 0) is 12.1 Å². The lowest BCUT2D eigenvalue weighted by Gasteiger charge is -2.32. The quantitative estimate of drug-likeness (QED) is 0.0729. The average molecular weight is 841 g/mol. The highest BCUT2D eigenvalue weighted by Crippen LogP contribution is 2.35. The molecular weight excluding hydrogens is 791 g/mol. The zero-order valence-electron chi connectivity index (χ0n) is 35.0. The maximum absolute atomic E-state index is 15.1. The summed E-state index contributed by atoms with van der Waals surface area (Å²) in [6.45, 7) is 13.7. The van der Waals surface area contributed by atoms with Crippen molar-refractivity contribution in [1.82, 2.24) is 30.5 Å². The molecule has 0 saturated carbocycles. The van der Waals surface area contributed by atoms with Gasteiger partial charge in [-0.3, -0.25) is 9.69 Å². The number of likely N-dealkylation sites (tertiary alicyclic amines) is 1. The number of hydrogen-bond acceptors (Lipinski definition) is 8. The third-order valence-corrected chi connectivity index (χ3v) is 11.6. The van der Waals surface area contributed by atoms with Gasteiger partial charge in [0.25, 0.3) is 5.91 Å². The Kier molecular flexibility index (Phi) is 12.2. The van der Waals surface area contributed by atoms with E-state index in [1.54, 1.807) is 11.8 Å². The number of benzene rings is 4. The van der Waals surface area contributed by atoms with Crippen molar-refractivity contribution >= 4 is 34.3 Å². The Labute approximate surface area is 359 Å². The van der Waals surface area contributed by atoms with E-state index in [9.17, 15) is 19.1 Å². The minimum absolute atomic E-state index is 0.152. The van der Waals surface area contributed by atoms with Crippen LogP contribution in [0.25, 0.3) is 33.5 Å². The molecule has 0 aliphatic carbocycles. The summed E-state index contributed by atoms with van der Waals surface area (Å²) < 4.78 is 36.4. The zero-order valence-corrected chi connectivity index (χ0v) is 35.0. The van der Waals surface area contributed by atoms with Crippen molar-refractivity contribution in [3.63, 3.8) is 0 Å². The molecule has 2 aliphatic rings. The molecular formula is C48H50F2N8O4. The van der Waals surface area contributed by atoms with Gasteiger partial charge in [-0.15, -0.1) is 0 Å². The number of aromatic amines is 1. The molecule has 5 N–H and O–H groups in total. The highest BCUT2D eigenvalue weighted by molar-refractivity contribution is 6.06. The molecule has 2 saturated heterocycles. The number of anilines is 2. The molecule has 3 amide bonds. The molecule has 2 aromatic heterocycles. The maximum Gasteiger partial charge on any atom is 0.326 e. The Bertz CT molecular complexity index is 2620. The van der Waals surface area contributed by atoms with Gasteiger partial charge in [0, 0.05) is 79.4 Å². The fraction of sp³-hybridized carbons (Fsp3) is 0.292. The van der Waals surface area contributed by atoms with Crippen molar-refractivity contribution < 1.29 is 28.2 Å². The third-order valence-electron chi connectivity index (χ3n) is 11.6. The number of H-pyrrole nitrogens is 1. The predicted molar refractivity (Wildman–Crippen MR) is 237 cm³/mol. The average Bonchev–Trinajstić information content (AvgIpc) is 3.69. The second-order valence-electron chi connectivity index (χ2n) is 16.5. The molecule has 62 heavy (non-hydrogen) atoms. The summed E-state index contributed by atoms with van der Waals surface area (Å²) in [5, 5.41) is 19.9. The lowest BCUT2D eigenvalue weighted by atomic mass is 9.96. The number of nitrogens with one attached hydrogen (secondary N) is 4. The van der Waals surface area contributed by atoms with E-state index in [2.05, 4.69) is 54.5 Å². The fourth-order valence-electron chi connectivity index (χ4n) is 7.93. The molecule has 320 valence electrons. The highest BCUT2D eigenvalue weighted by Gasteiger charge is 2.24. The molecule has 8 rings (SSSR count). The van der Waals surface area contributed by atoms with Crippen LogP contribution in [0.2, 0.25) is 0 Å². The van der Waals surface area contributed by atoms with Crippen LogP contribution in [0.15, 0.2) is 104 Å². The molecule has 6 aromatic rings. The lowest BCUT2D eigenvalue weighted by molar-refractivity contribution is 0.0780. The molecule has 14 heteroatoms. The Balaban J connectivity index is 0.833. The van der Waals surface area contributed by atoms with Gasteiger partial charge in [0.05, 0.1) is 16.9 Å². The van der Waals surface area contributed by atoms with E-state index in [-0.39, 0.29) is 23.4 Å². The van der Waals surface area contributed by atoms with Crippen LogP contribution in [0.1, 0.15) is 60.2 Å². The number of amides is 3. The molecule has 4 aromatic carbocycles. The smallest absolute Gasteiger partial charge is 0.326 e. The minimum Gasteiger partial charge on any atom is -0.490 e. The maximum atomic E-state index is 15.1. The molecule has 0 atom stereocenters. The molecule has 0 radical (unpaired) electrons. The van der Waals surface area contributed by atoms with Gasteiger partial charge in [0.2, 0.25) is 0 Å². The first-order chi connectivity index (χ1) is 29.8. The van der Waals surface area contributed by atoms with Crippen LogP contribution in [0.3, 0.4) is 0 Å². The fourth-order valence-corrected chi connectivity index (χ4v) is 7.93. The Hall–Kier alpha value is -6.48. The number of aromatic nitrogens is 3. The van der Waals surface area contributed by atoms with Crippen molar-refractivity contribution in [2.75, 3.05) is 42.9 Å². The van der Waals surface area contributed by atoms with E-state index >= 15 is 4.39 Å². The number of piperidine rings is 1. The molecule has 0 unspecified atom stereocenters. The van der Waals surface area contributed by atoms with Crippen LogP contribution < -0.4 is 25.6 Å². The number of rotatable bonds is 13. The monoisotopic (exact) mass is 840 g/mol. The van der Waals surface area contributed by atoms with Gasteiger partial charge in [0.1, 0.15) is 35.5 Å². The molecule has 2 aliphatic heterocycles. The number of nitrogens with zero attached hydrogens (tertiary/aromatic N) is 4. The van der Waals surface area contributed by atoms with Crippen LogP contribution >= 0.6 is 0 Å². The summed E-state index contributed by atoms with van der Waals surface area (Å²) in [5.74, 6) is -1.33. The molecule has 12 nitrogen and oxygen atoms in total. The number of urea groups is 1. The van der Waals surface area contributed by atoms with Crippen molar-refractivity contribution in [1.29, 1.82) is 0 Å². The molecule has 0 spiro atoms. The number of halogens is 2. The lowest BCUT2D eigenvalue weighted by Crippen LogP contribution is -2.45.